The fraction of sp³-hybridized carbons (Fsp3) is 0.320. The molecule has 1 saturated heterocycles. The van der Waals surface area contributed by atoms with Gasteiger partial charge in [0.05, 0.1) is 17.0 Å². The molecule has 1 amide bonds. The Morgan fingerprint density at radius 1 is 1.21 bits per heavy atom. The van der Waals surface area contributed by atoms with Crippen LogP contribution in [0.15, 0.2) is 51.9 Å². The number of hydrogen-bond donors (Lipinski definition) is 1. The van der Waals surface area contributed by atoms with Crippen LogP contribution in [0.4, 0.5) is 4.39 Å². The average molecular weight is 481 g/mol. The summed E-state index contributed by atoms with van der Waals surface area (Å²) < 4.78 is 22.0. The third-order valence-corrected chi connectivity index (χ3v) is 7.09. The number of aromatic amines is 1. The highest BCUT2D eigenvalue weighted by Gasteiger charge is 2.37. The zero-order valence-corrected chi connectivity index (χ0v) is 19.0. The summed E-state index contributed by atoms with van der Waals surface area (Å²) in [5.41, 5.74) is 1.53. The first-order chi connectivity index (χ1) is 16.5. The van der Waals surface area contributed by atoms with Crippen LogP contribution in [-0.2, 0) is 11.2 Å². The number of rotatable bonds is 5. The molecule has 2 aromatic heterocycles. The number of carbonyl (C=O) groups is 1. The molecule has 174 valence electrons. The molecule has 2 aromatic carbocycles. The standard InChI is InChI=1S/C25H22ClFN4O3/c26-19-12-21(20(27)11-18(19)16-3-4-22-17(10-16)6-8-34-22)31-23(28-29-25(31)33)9-14-5-7-30(13-14)24(32)15-1-2-15/h3-4,6,8,10-12,14-15H,1-2,5,7,9,13H2,(H,29,33). The molecular formula is C25H22ClFN4O3. The molecule has 2 fully saturated rings. The van der Waals surface area contributed by atoms with Gasteiger partial charge >= 0.3 is 5.69 Å². The summed E-state index contributed by atoms with van der Waals surface area (Å²) in [7, 11) is 0. The van der Waals surface area contributed by atoms with Gasteiger partial charge in [-0.25, -0.2) is 18.9 Å². The van der Waals surface area contributed by atoms with E-state index in [1.54, 1.807) is 6.26 Å². The quantitative estimate of drug-likeness (QED) is 0.453. The molecule has 6 rings (SSSR count). The molecule has 0 radical (unpaired) electrons. The Labute approximate surface area is 199 Å². The SMILES string of the molecule is O=C(C1CC1)N1CCC(Cc2n[nH]c(=O)n2-c2cc(Cl)c(-c3ccc4occc4c3)cc2F)C1. The fourth-order valence-electron chi connectivity index (χ4n) is 4.82. The summed E-state index contributed by atoms with van der Waals surface area (Å²) in [5.74, 6) is 0.429. The van der Waals surface area contributed by atoms with Crippen LogP contribution >= 0.6 is 11.6 Å². The predicted molar refractivity (Wildman–Crippen MR) is 125 cm³/mol. The van der Waals surface area contributed by atoms with Crippen molar-refractivity contribution < 1.29 is 13.6 Å². The summed E-state index contributed by atoms with van der Waals surface area (Å²) in [5, 5.41) is 7.80. The summed E-state index contributed by atoms with van der Waals surface area (Å²) >= 11 is 6.56. The van der Waals surface area contributed by atoms with Crippen molar-refractivity contribution >= 4 is 28.5 Å². The first kappa shape index (κ1) is 21.2. The molecule has 34 heavy (non-hydrogen) atoms. The Morgan fingerprint density at radius 3 is 2.88 bits per heavy atom. The smallest absolute Gasteiger partial charge is 0.348 e. The second-order valence-corrected chi connectivity index (χ2v) is 9.56. The van der Waals surface area contributed by atoms with Crippen LogP contribution in [0.5, 0.6) is 0 Å². The van der Waals surface area contributed by atoms with Crippen LogP contribution in [0.2, 0.25) is 5.02 Å². The lowest BCUT2D eigenvalue weighted by atomic mass is 10.0. The van der Waals surface area contributed by atoms with E-state index in [1.165, 1.54) is 16.7 Å². The molecule has 1 N–H and O–H groups in total. The van der Waals surface area contributed by atoms with E-state index in [0.717, 1.165) is 35.8 Å². The van der Waals surface area contributed by atoms with E-state index < -0.39 is 11.5 Å². The molecule has 7 nitrogen and oxygen atoms in total. The van der Waals surface area contributed by atoms with E-state index in [9.17, 15) is 9.59 Å². The maximum absolute atomic E-state index is 15.3. The minimum absolute atomic E-state index is 0.0517. The van der Waals surface area contributed by atoms with Gasteiger partial charge in [0.25, 0.3) is 0 Å². The summed E-state index contributed by atoms with van der Waals surface area (Å²) in [6, 6.07) is 10.1. The lowest BCUT2D eigenvalue weighted by Gasteiger charge is -2.16. The van der Waals surface area contributed by atoms with Gasteiger partial charge in [0.1, 0.15) is 17.2 Å². The second-order valence-electron chi connectivity index (χ2n) is 9.15. The fourth-order valence-corrected chi connectivity index (χ4v) is 5.09. The third-order valence-electron chi connectivity index (χ3n) is 6.78. The normalized spacial score (nSPS) is 18.2. The third kappa shape index (κ3) is 3.72. The Kier molecular flexibility index (Phi) is 5.06. The first-order valence-electron chi connectivity index (χ1n) is 11.4. The topological polar surface area (TPSA) is 84.1 Å². The van der Waals surface area contributed by atoms with Gasteiger partial charge in [-0.05, 0) is 61.1 Å². The number of amides is 1. The second kappa shape index (κ2) is 8.13. The van der Waals surface area contributed by atoms with Crippen molar-refractivity contribution in [1.29, 1.82) is 0 Å². The molecule has 1 unspecified atom stereocenters. The summed E-state index contributed by atoms with van der Waals surface area (Å²) in [4.78, 5) is 26.8. The maximum Gasteiger partial charge on any atom is 0.348 e. The predicted octanol–water partition coefficient (Wildman–Crippen LogP) is 4.57. The van der Waals surface area contributed by atoms with E-state index in [-0.39, 0.29) is 23.4 Å². The molecule has 0 bridgehead atoms. The van der Waals surface area contributed by atoms with Gasteiger partial charge in [0, 0.05) is 36.4 Å². The number of halogens is 2. The minimum Gasteiger partial charge on any atom is -0.464 e. The van der Waals surface area contributed by atoms with E-state index in [2.05, 4.69) is 10.2 Å². The number of fused-ring (bicyclic) bond motifs is 1. The van der Waals surface area contributed by atoms with Crippen LogP contribution < -0.4 is 5.69 Å². The van der Waals surface area contributed by atoms with Crippen molar-refractivity contribution in [3.05, 3.63) is 69.8 Å². The minimum atomic E-state index is -0.576. The lowest BCUT2D eigenvalue weighted by Crippen LogP contribution is -2.30. The van der Waals surface area contributed by atoms with Gasteiger partial charge in [-0.2, -0.15) is 5.10 Å². The van der Waals surface area contributed by atoms with Crippen molar-refractivity contribution in [3.8, 4) is 16.8 Å². The van der Waals surface area contributed by atoms with Gasteiger partial charge in [-0.3, -0.25) is 4.79 Å². The monoisotopic (exact) mass is 480 g/mol. The van der Waals surface area contributed by atoms with Crippen molar-refractivity contribution in [3.63, 3.8) is 0 Å². The molecule has 3 heterocycles. The Morgan fingerprint density at radius 2 is 2.06 bits per heavy atom. The number of H-pyrrole nitrogens is 1. The molecule has 9 heteroatoms. The lowest BCUT2D eigenvalue weighted by molar-refractivity contribution is -0.131. The molecule has 1 saturated carbocycles. The van der Waals surface area contributed by atoms with Gasteiger partial charge in [-0.1, -0.05) is 17.7 Å². The largest absolute Gasteiger partial charge is 0.464 e. The Hall–Kier alpha value is -3.39. The van der Waals surface area contributed by atoms with Crippen LogP contribution in [0.1, 0.15) is 25.1 Å². The molecule has 0 spiro atoms. The zero-order chi connectivity index (χ0) is 23.4. The van der Waals surface area contributed by atoms with E-state index in [1.807, 2.05) is 29.2 Å². The van der Waals surface area contributed by atoms with Crippen molar-refractivity contribution in [2.45, 2.75) is 25.7 Å². The van der Waals surface area contributed by atoms with Crippen molar-refractivity contribution in [2.75, 3.05) is 13.1 Å². The number of aromatic nitrogens is 3. The highest BCUT2D eigenvalue weighted by Crippen LogP contribution is 2.35. The Bertz CT molecular complexity index is 1470. The van der Waals surface area contributed by atoms with E-state index in [0.29, 0.717) is 35.9 Å². The van der Waals surface area contributed by atoms with Crippen LogP contribution in [0, 0.1) is 17.7 Å². The number of furan rings is 1. The first-order valence-corrected chi connectivity index (χ1v) is 11.8. The highest BCUT2D eigenvalue weighted by atomic mass is 35.5. The molecule has 1 atom stereocenters. The number of benzene rings is 2. The van der Waals surface area contributed by atoms with Gasteiger partial charge in [0.15, 0.2) is 0 Å². The number of nitrogens with zero attached hydrogens (tertiary/aromatic N) is 3. The van der Waals surface area contributed by atoms with Gasteiger partial charge in [0.2, 0.25) is 5.91 Å². The molecule has 4 aromatic rings. The molecular weight excluding hydrogens is 459 g/mol. The number of likely N-dealkylation sites (tertiary alicyclic amines) is 1. The average Bonchev–Trinajstić information content (AvgIpc) is 3.22. The summed E-state index contributed by atoms with van der Waals surface area (Å²) in [6.45, 7) is 1.35. The van der Waals surface area contributed by atoms with Crippen molar-refractivity contribution in [1.82, 2.24) is 19.7 Å². The number of carbonyl (C=O) groups excluding carboxylic acids is 1. The number of nitrogens with one attached hydrogen (secondary N) is 1. The highest BCUT2D eigenvalue weighted by molar-refractivity contribution is 6.33. The van der Waals surface area contributed by atoms with Crippen LogP contribution in [-0.4, -0.2) is 38.7 Å². The maximum atomic E-state index is 15.3. The van der Waals surface area contributed by atoms with Crippen LogP contribution in [0.3, 0.4) is 0 Å². The van der Waals surface area contributed by atoms with Gasteiger partial charge in [-0.15, -0.1) is 0 Å². The van der Waals surface area contributed by atoms with E-state index in [4.69, 9.17) is 16.0 Å². The van der Waals surface area contributed by atoms with Crippen molar-refractivity contribution in [2.24, 2.45) is 11.8 Å². The Balaban J connectivity index is 1.29. The molecule has 1 aliphatic carbocycles. The van der Waals surface area contributed by atoms with Crippen LogP contribution in [0.25, 0.3) is 27.8 Å². The molecule has 1 aliphatic heterocycles. The number of hydrogen-bond acceptors (Lipinski definition) is 4. The molecule has 2 aliphatic rings. The summed E-state index contributed by atoms with van der Waals surface area (Å²) in [6.07, 6.45) is 4.84. The van der Waals surface area contributed by atoms with Gasteiger partial charge < -0.3 is 9.32 Å². The zero-order valence-electron chi connectivity index (χ0n) is 18.3. The van der Waals surface area contributed by atoms with E-state index >= 15 is 4.39 Å².